The number of fused-ring (bicyclic) bond motifs is 1. The molecule has 0 radical (unpaired) electrons. The Morgan fingerprint density at radius 2 is 1.78 bits per heavy atom. The molecular weight excluding hydrogens is 364 g/mol. The van der Waals surface area contributed by atoms with Crippen LogP contribution >= 0.6 is 11.6 Å². The van der Waals surface area contributed by atoms with E-state index in [0.29, 0.717) is 23.2 Å². The van der Waals surface area contributed by atoms with Crippen molar-refractivity contribution >= 4 is 28.9 Å². The fraction of sp³-hybridized carbons (Fsp3) is 0.200. The third-order valence-electron chi connectivity index (χ3n) is 4.19. The minimum Gasteiger partial charge on any atom is -0.454 e. The van der Waals surface area contributed by atoms with Gasteiger partial charge in [-0.3, -0.25) is 0 Å². The van der Waals surface area contributed by atoms with E-state index >= 15 is 0 Å². The van der Waals surface area contributed by atoms with Crippen LogP contribution in [0, 0.1) is 13.8 Å². The molecule has 2 heterocycles. The molecule has 2 aromatic carbocycles. The molecule has 1 aromatic heterocycles. The number of rotatable bonds is 5. The Hall–Kier alpha value is -2.99. The van der Waals surface area contributed by atoms with Gasteiger partial charge in [0.25, 0.3) is 0 Å². The first-order valence-corrected chi connectivity index (χ1v) is 8.96. The van der Waals surface area contributed by atoms with E-state index in [-0.39, 0.29) is 6.79 Å². The highest BCUT2D eigenvalue weighted by molar-refractivity contribution is 6.31. The van der Waals surface area contributed by atoms with Crippen molar-refractivity contribution < 1.29 is 9.47 Å². The van der Waals surface area contributed by atoms with Crippen molar-refractivity contribution in [3.05, 3.63) is 64.4 Å². The minimum absolute atomic E-state index is 0.273. The van der Waals surface area contributed by atoms with Gasteiger partial charge in [0.2, 0.25) is 6.79 Å². The van der Waals surface area contributed by atoms with Crippen LogP contribution in [0.5, 0.6) is 11.5 Å². The van der Waals surface area contributed by atoms with E-state index < -0.39 is 0 Å². The van der Waals surface area contributed by atoms with Crippen molar-refractivity contribution in [1.82, 2.24) is 9.97 Å². The molecule has 3 aromatic rings. The van der Waals surface area contributed by atoms with Crippen LogP contribution < -0.4 is 20.1 Å². The number of nitrogens with one attached hydrogen (secondary N) is 2. The summed E-state index contributed by atoms with van der Waals surface area (Å²) in [4.78, 5) is 8.89. The van der Waals surface area contributed by atoms with E-state index in [1.54, 1.807) is 0 Å². The van der Waals surface area contributed by atoms with Crippen LogP contribution in [0.15, 0.2) is 42.5 Å². The fourth-order valence-electron chi connectivity index (χ4n) is 2.78. The molecule has 0 atom stereocenters. The average molecular weight is 383 g/mol. The van der Waals surface area contributed by atoms with Crippen LogP contribution in [0.2, 0.25) is 5.02 Å². The molecule has 4 rings (SSSR count). The Morgan fingerprint density at radius 3 is 2.63 bits per heavy atom. The lowest BCUT2D eigenvalue weighted by molar-refractivity contribution is 0.174. The van der Waals surface area contributed by atoms with E-state index in [9.17, 15) is 0 Å². The molecule has 0 bridgehead atoms. The number of nitrogens with zero attached hydrogens (tertiary/aromatic N) is 2. The molecule has 0 fully saturated rings. The Morgan fingerprint density at radius 1 is 0.963 bits per heavy atom. The molecule has 0 saturated carbocycles. The summed E-state index contributed by atoms with van der Waals surface area (Å²) >= 11 is 6.20. The van der Waals surface area contributed by atoms with Gasteiger partial charge in [0, 0.05) is 23.3 Å². The number of aromatic nitrogens is 2. The number of hydrogen-bond donors (Lipinski definition) is 2. The van der Waals surface area contributed by atoms with E-state index in [0.717, 1.165) is 34.1 Å². The van der Waals surface area contributed by atoms with Gasteiger partial charge < -0.3 is 20.1 Å². The minimum atomic E-state index is 0.273. The van der Waals surface area contributed by atoms with Gasteiger partial charge in [-0.15, -0.1) is 0 Å². The molecule has 1 aliphatic rings. The number of benzene rings is 2. The lowest BCUT2D eigenvalue weighted by Gasteiger charge is -2.11. The first-order valence-electron chi connectivity index (χ1n) is 8.58. The van der Waals surface area contributed by atoms with E-state index in [1.165, 1.54) is 0 Å². The summed E-state index contributed by atoms with van der Waals surface area (Å²) < 4.78 is 10.8. The van der Waals surface area contributed by atoms with Crippen molar-refractivity contribution in [2.24, 2.45) is 0 Å². The quantitative estimate of drug-likeness (QED) is 0.658. The first kappa shape index (κ1) is 17.4. The topological polar surface area (TPSA) is 68.3 Å². The Bertz CT molecular complexity index is 994. The van der Waals surface area contributed by atoms with Crippen molar-refractivity contribution in [1.29, 1.82) is 0 Å². The molecule has 0 saturated heterocycles. The predicted molar refractivity (Wildman–Crippen MR) is 106 cm³/mol. The maximum absolute atomic E-state index is 6.20. The van der Waals surface area contributed by atoms with Crippen LogP contribution in [-0.2, 0) is 6.54 Å². The van der Waals surface area contributed by atoms with Crippen molar-refractivity contribution in [3.8, 4) is 11.5 Å². The van der Waals surface area contributed by atoms with Crippen LogP contribution in [0.1, 0.15) is 17.0 Å². The number of ether oxygens (including phenoxy) is 2. The van der Waals surface area contributed by atoms with Gasteiger partial charge in [-0.25, -0.2) is 9.97 Å². The Kier molecular flexibility index (Phi) is 4.73. The van der Waals surface area contributed by atoms with Crippen molar-refractivity contribution in [3.63, 3.8) is 0 Å². The number of hydrogen-bond acceptors (Lipinski definition) is 6. The van der Waals surface area contributed by atoms with Gasteiger partial charge in [-0.2, -0.15) is 0 Å². The van der Waals surface area contributed by atoms with Crippen LogP contribution in [0.25, 0.3) is 0 Å². The molecular formula is C20H19ClN4O2. The van der Waals surface area contributed by atoms with Crippen LogP contribution in [-0.4, -0.2) is 16.8 Å². The summed E-state index contributed by atoms with van der Waals surface area (Å²) in [5.74, 6) is 3.66. The normalized spacial score (nSPS) is 12.1. The molecule has 0 spiro atoms. The number of aryl methyl sites for hydroxylation is 2. The molecule has 1 aliphatic heterocycles. The van der Waals surface area contributed by atoms with Gasteiger partial charge in [0.1, 0.15) is 17.5 Å². The zero-order valence-electron chi connectivity index (χ0n) is 15.0. The van der Waals surface area contributed by atoms with E-state index in [4.69, 9.17) is 21.1 Å². The third-order valence-corrected chi connectivity index (χ3v) is 4.60. The number of anilines is 3. The molecule has 0 unspecified atom stereocenters. The first-order chi connectivity index (χ1) is 13.1. The summed E-state index contributed by atoms with van der Waals surface area (Å²) in [6.45, 7) is 4.72. The summed E-state index contributed by atoms with van der Waals surface area (Å²) in [7, 11) is 0. The van der Waals surface area contributed by atoms with Gasteiger partial charge in [0.15, 0.2) is 11.5 Å². The lowest BCUT2D eigenvalue weighted by atomic mass is 10.2. The standard InChI is InChI=1S/C20H19ClN4O2/c1-12-3-5-15(8-16(12)21)25-20-9-19(23-13(2)24-20)22-10-14-4-6-17-18(7-14)27-11-26-17/h3-9H,10-11H2,1-2H3,(H2,22,23,24,25). The molecule has 6 nitrogen and oxygen atoms in total. The molecule has 2 N–H and O–H groups in total. The maximum Gasteiger partial charge on any atom is 0.231 e. The predicted octanol–water partition coefficient (Wildman–Crippen LogP) is 4.83. The summed E-state index contributed by atoms with van der Waals surface area (Å²) in [5.41, 5.74) is 2.99. The zero-order valence-corrected chi connectivity index (χ0v) is 15.8. The second-order valence-electron chi connectivity index (χ2n) is 6.32. The molecule has 7 heteroatoms. The average Bonchev–Trinajstić information content (AvgIpc) is 3.10. The second-order valence-corrected chi connectivity index (χ2v) is 6.72. The van der Waals surface area contributed by atoms with Gasteiger partial charge in [-0.1, -0.05) is 23.7 Å². The summed E-state index contributed by atoms with van der Waals surface area (Å²) in [6, 6.07) is 13.6. The highest BCUT2D eigenvalue weighted by atomic mass is 35.5. The Balaban J connectivity index is 1.47. The Labute approximate surface area is 162 Å². The van der Waals surface area contributed by atoms with E-state index in [1.807, 2.05) is 56.3 Å². The molecule has 0 aliphatic carbocycles. The zero-order chi connectivity index (χ0) is 18.8. The third kappa shape index (κ3) is 4.06. The second kappa shape index (κ2) is 7.32. The van der Waals surface area contributed by atoms with Crippen LogP contribution in [0.4, 0.5) is 17.3 Å². The molecule has 0 amide bonds. The smallest absolute Gasteiger partial charge is 0.231 e. The van der Waals surface area contributed by atoms with Gasteiger partial charge in [0.05, 0.1) is 0 Å². The van der Waals surface area contributed by atoms with Crippen LogP contribution in [0.3, 0.4) is 0 Å². The van der Waals surface area contributed by atoms with Crippen molar-refractivity contribution in [2.45, 2.75) is 20.4 Å². The summed E-state index contributed by atoms with van der Waals surface area (Å²) in [5, 5.41) is 7.31. The SMILES string of the molecule is Cc1nc(NCc2ccc3c(c2)OCO3)cc(Nc2ccc(C)c(Cl)c2)n1. The maximum atomic E-state index is 6.20. The molecule has 27 heavy (non-hydrogen) atoms. The molecule has 138 valence electrons. The fourth-order valence-corrected chi connectivity index (χ4v) is 2.96. The van der Waals surface area contributed by atoms with E-state index in [2.05, 4.69) is 20.6 Å². The van der Waals surface area contributed by atoms with Gasteiger partial charge >= 0.3 is 0 Å². The van der Waals surface area contributed by atoms with Crippen molar-refractivity contribution in [2.75, 3.05) is 17.4 Å². The van der Waals surface area contributed by atoms with Gasteiger partial charge in [-0.05, 0) is 49.2 Å². The largest absolute Gasteiger partial charge is 0.454 e. The monoisotopic (exact) mass is 382 g/mol. The highest BCUT2D eigenvalue weighted by Gasteiger charge is 2.13. The highest BCUT2D eigenvalue weighted by Crippen LogP contribution is 2.32. The lowest BCUT2D eigenvalue weighted by Crippen LogP contribution is -2.05. The number of halogens is 1. The summed E-state index contributed by atoms with van der Waals surface area (Å²) in [6.07, 6.45) is 0.